The van der Waals surface area contributed by atoms with Crippen LogP contribution in [0.2, 0.25) is 10.0 Å². The second-order valence-corrected chi connectivity index (χ2v) is 8.14. The molecule has 1 aromatic rings. The molecule has 1 atom stereocenters. The number of hydrogen-bond acceptors (Lipinski definition) is 5. The van der Waals surface area contributed by atoms with E-state index in [9.17, 15) is 9.59 Å². The van der Waals surface area contributed by atoms with Crippen LogP contribution in [0.3, 0.4) is 0 Å². The molecule has 2 heterocycles. The highest BCUT2D eigenvalue weighted by Gasteiger charge is 2.59. The van der Waals surface area contributed by atoms with Gasteiger partial charge < -0.3 is 14.2 Å². The summed E-state index contributed by atoms with van der Waals surface area (Å²) >= 11 is 12.3. The van der Waals surface area contributed by atoms with Crippen LogP contribution in [0.25, 0.3) is 0 Å². The Hall–Kier alpha value is -1.14. The highest BCUT2D eigenvalue weighted by Crippen LogP contribution is 2.49. The topological polar surface area (TPSA) is 61.8 Å². The maximum atomic E-state index is 13.2. The summed E-state index contributed by atoms with van der Waals surface area (Å²) < 4.78 is 17.3. The molecule has 7 heteroatoms. The fraction of sp³-hybridized carbons (Fsp3) is 0.579. The van der Waals surface area contributed by atoms with E-state index >= 15 is 0 Å². The number of ketones is 1. The zero-order valence-corrected chi connectivity index (χ0v) is 16.0. The first-order valence-corrected chi connectivity index (χ1v) is 9.62. The molecule has 0 N–H and O–H groups in total. The second kappa shape index (κ2) is 6.48. The largest absolute Gasteiger partial charge is 0.450 e. The number of aryl methyl sites for hydroxylation is 1. The van der Waals surface area contributed by atoms with Crippen molar-refractivity contribution in [2.75, 3.05) is 13.2 Å². The van der Waals surface area contributed by atoms with Gasteiger partial charge >= 0.3 is 5.97 Å². The molecule has 2 saturated heterocycles. The Balaban J connectivity index is 1.61. The van der Waals surface area contributed by atoms with Crippen molar-refractivity contribution in [1.82, 2.24) is 0 Å². The number of benzene rings is 1. The molecule has 26 heavy (non-hydrogen) atoms. The van der Waals surface area contributed by atoms with Gasteiger partial charge in [0.25, 0.3) is 0 Å². The molecule has 1 saturated carbocycles. The highest BCUT2D eigenvalue weighted by molar-refractivity contribution is 6.36. The van der Waals surface area contributed by atoms with E-state index in [0.717, 1.165) is 6.42 Å². The molecule has 0 bridgehead atoms. The van der Waals surface area contributed by atoms with Gasteiger partial charge in [-0.3, -0.25) is 9.59 Å². The predicted octanol–water partition coefficient (Wildman–Crippen LogP) is 3.96. The van der Waals surface area contributed by atoms with Crippen LogP contribution in [-0.4, -0.2) is 36.4 Å². The summed E-state index contributed by atoms with van der Waals surface area (Å²) in [5.41, 5.74) is 0.0986. The van der Waals surface area contributed by atoms with E-state index in [1.807, 2.05) is 0 Å². The lowest BCUT2D eigenvalue weighted by Gasteiger charge is -2.44. The second-order valence-electron chi connectivity index (χ2n) is 7.29. The molecule has 2 spiro atoms. The van der Waals surface area contributed by atoms with Crippen molar-refractivity contribution >= 4 is 35.0 Å². The summed E-state index contributed by atoms with van der Waals surface area (Å²) in [6, 6.07) is 3.25. The van der Waals surface area contributed by atoms with Crippen molar-refractivity contribution < 1.29 is 23.8 Å². The molecule has 1 unspecified atom stereocenters. The minimum absolute atomic E-state index is 0.222. The van der Waals surface area contributed by atoms with E-state index in [-0.39, 0.29) is 5.78 Å². The molecule has 5 nitrogen and oxygen atoms in total. The van der Waals surface area contributed by atoms with Crippen LogP contribution in [0.15, 0.2) is 12.1 Å². The Morgan fingerprint density at radius 3 is 2.31 bits per heavy atom. The van der Waals surface area contributed by atoms with Crippen molar-refractivity contribution in [3.8, 4) is 0 Å². The van der Waals surface area contributed by atoms with Crippen molar-refractivity contribution in [3.05, 3.63) is 33.3 Å². The number of hydrogen-bond donors (Lipinski definition) is 0. The summed E-state index contributed by atoms with van der Waals surface area (Å²) in [6.45, 7) is 3.10. The quantitative estimate of drug-likeness (QED) is 0.529. The lowest BCUT2D eigenvalue weighted by Crippen LogP contribution is -2.51. The van der Waals surface area contributed by atoms with Gasteiger partial charge in [0.1, 0.15) is 5.92 Å². The van der Waals surface area contributed by atoms with Crippen LogP contribution >= 0.6 is 23.2 Å². The first-order chi connectivity index (χ1) is 12.4. The molecule has 1 aromatic carbocycles. The van der Waals surface area contributed by atoms with Gasteiger partial charge in [0.15, 0.2) is 17.2 Å². The van der Waals surface area contributed by atoms with Crippen LogP contribution in [0, 0.1) is 6.92 Å². The maximum Gasteiger partial charge on any atom is 0.322 e. The SMILES string of the molecule is Cc1cc(Cl)cc(Cl)c1C1C(=O)OC2(CCC3(CC2)OCCCO3)C1=O. The standard InChI is InChI=1S/C19H20Cl2O5/c1-11-9-12(20)10-13(21)14(11)15-16(22)18(26-17(15)23)3-5-19(6-4-18)24-7-2-8-25-19/h9-10,15H,2-8H2,1H3. The van der Waals surface area contributed by atoms with Crippen LogP contribution in [0.1, 0.15) is 49.1 Å². The molecule has 0 radical (unpaired) electrons. The summed E-state index contributed by atoms with van der Waals surface area (Å²) in [4.78, 5) is 25.9. The first kappa shape index (κ1) is 18.2. The maximum absolute atomic E-state index is 13.2. The number of ether oxygens (including phenoxy) is 3. The number of halogens is 2. The first-order valence-electron chi connectivity index (χ1n) is 8.86. The van der Waals surface area contributed by atoms with E-state index in [0.29, 0.717) is 60.1 Å². The average molecular weight is 399 g/mol. The van der Waals surface area contributed by atoms with Gasteiger partial charge in [0.2, 0.25) is 0 Å². The van der Waals surface area contributed by atoms with Gasteiger partial charge in [0.05, 0.1) is 13.2 Å². The number of Topliss-reactive ketones (excluding diaryl/α,β-unsaturated/α-hetero) is 1. The van der Waals surface area contributed by atoms with Crippen LogP contribution in [0.4, 0.5) is 0 Å². The number of rotatable bonds is 1. The Kier molecular flexibility index (Phi) is 4.55. The van der Waals surface area contributed by atoms with E-state index in [2.05, 4.69) is 0 Å². The zero-order chi connectivity index (χ0) is 18.5. The number of carbonyl (C=O) groups excluding carboxylic acids is 2. The predicted molar refractivity (Wildman–Crippen MR) is 95.5 cm³/mol. The lowest BCUT2D eigenvalue weighted by molar-refractivity contribution is -0.289. The Bertz CT molecular complexity index is 736. The third-order valence-corrected chi connectivity index (χ3v) is 6.20. The molecule has 0 amide bonds. The summed E-state index contributed by atoms with van der Waals surface area (Å²) in [6.07, 6.45) is 2.74. The number of esters is 1. The molecular formula is C19H20Cl2O5. The van der Waals surface area contributed by atoms with E-state index in [1.54, 1.807) is 19.1 Å². The molecular weight excluding hydrogens is 379 g/mol. The molecule has 4 rings (SSSR count). The highest BCUT2D eigenvalue weighted by atomic mass is 35.5. The van der Waals surface area contributed by atoms with Crippen LogP contribution in [0.5, 0.6) is 0 Å². The molecule has 3 fully saturated rings. The minimum Gasteiger partial charge on any atom is -0.450 e. The van der Waals surface area contributed by atoms with Gasteiger partial charge in [-0.1, -0.05) is 23.2 Å². The summed E-state index contributed by atoms with van der Waals surface area (Å²) in [7, 11) is 0. The summed E-state index contributed by atoms with van der Waals surface area (Å²) in [5.74, 6) is -2.39. The fourth-order valence-corrected chi connectivity index (χ4v) is 4.99. The molecule has 140 valence electrons. The Morgan fingerprint density at radius 1 is 1.04 bits per heavy atom. The average Bonchev–Trinajstić information content (AvgIpc) is 2.83. The Morgan fingerprint density at radius 2 is 1.69 bits per heavy atom. The van der Waals surface area contributed by atoms with Gasteiger partial charge in [-0.2, -0.15) is 0 Å². The van der Waals surface area contributed by atoms with Crippen molar-refractivity contribution in [1.29, 1.82) is 0 Å². The van der Waals surface area contributed by atoms with Gasteiger partial charge in [0, 0.05) is 22.9 Å². The van der Waals surface area contributed by atoms with Crippen molar-refractivity contribution in [3.63, 3.8) is 0 Å². The zero-order valence-electron chi connectivity index (χ0n) is 14.5. The van der Waals surface area contributed by atoms with E-state index in [1.165, 1.54) is 0 Å². The monoisotopic (exact) mass is 398 g/mol. The van der Waals surface area contributed by atoms with E-state index in [4.69, 9.17) is 37.4 Å². The molecule has 2 aliphatic heterocycles. The van der Waals surface area contributed by atoms with E-state index < -0.39 is 23.3 Å². The van der Waals surface area contributed by atoms with Gasteiger partial charge in [-0.05, 0) is 49.4 Å². The normalized spacial score (nSPS) is 27.1. The van der Waals surface area contributed by atoms with Crippen LogP contribution < -0.4 is 0 Å². The molecule has 3 aliphatic rings. The molecule has 1 aliphatic carbocycles. The van der Waals surface area contributed by atoms with Crippen molar-refractivity contribution in [2.24, 2.45) is 0 Å². The molecule has 0 aromatic heterocycles. The van der Waals surface area contributed by atoms with Crippen molar-refractivity contribution in [2.45, 2.75) is 56.3 Å². The number of carbonyl (C=O) groups is 2. The smallest absolute Gasteiger partial charge is 0.322 e. The third kappa shape index (κ3) is 2.85. The third-order valence-electron chi connectivity index (χ3n) is 5.67. The van der Waals surface area contributed by atoms with Gasteiger partial charge in [-0.25, -0.2) is 0 Å². The fourth-order valence-electron chi connectivity index (χ4n) is 4.29. The lowest BCUT2D eigenvalue weighted by atomic mass is 9.75. The van der Waals surface area contributed by atoms with Crippen LogP contribution in [-0.2, 0) is 23.8 Å². The Labute approximate surface area is 161 Å². The van der Waals surface area contributed by atoms with Gasteiger partial charge in [-0.15, -0.1) is 0 Å². The summed E-state index contributed by atoms with van der Waals surface area (Å²) in [5, 5.41) is 0.782. The minimum atomic E-state index is -1.10.